The summed E-state index contributed by atoms with van der Waals surface area (Å²) in [6.45, 7) is 0. The van der Waals surface area contributed by atoms with Gasteiger partial charge in [-0.3, -0.25) is 4.90 Å². The number of fused-ring (bicyclic) bond motifs is 2. The summed E-state index contributed by atoms with van der Waals surface area (Å²) >= 11 is 0. The molecule has 2 heterocycles. The fourth-order valence-corrected chi connectivity index (χ4v) is 1.80. The topological polar surface area (TPSA) is 69.2 Å². The highest BCUT2D eigenvalue weighted by Crippen LogP contribution is 2.22. The number of aromatic amines is 1. The van der Waals surface area contributed by atoms with Crippen LogP contribution in [0.3, 0.4) is 0 Å². The van der Waals surface area contributed by atoms with Crippen LogP contribution in [0.5, 0.6) is 0 Å². The Bertz CT molecular complexity index is 607. The molecule has 1 amide bonds. The second-order valence-corrected chi connectivity index (χ2v) is 3.72. The third kappa shape index (κ3) is 1.57. The summed E-state index contributed by atoms with van der Waals surface area (Å²) in [5, 5.41) is 8.90. The highest BCUT2D eigenvalue weighted by molar-refractivity contribution is 5.84. The van der Waals surface area contributed by atoms with Crippen LogP contribution < -0.4 is 0 Å². The lowest BCUT2D eigenvalue weighted by Gasteiger charge is -2.05. The van der Waals surface area contributed by atoms with Gasteiger partial charge in [0.1, 0.15) is 0 Å². The molecule has 0 saturated carbocycles. The lowest BCUT2D eigenvalue weighted by atomic mass is 10.1. The van der Waals surface area contributed by atoms with Crippen molar-refractivity contribution in [3.05, 3.63) is 42.0 Å². The fourth-order valence-electron chi connectivity index (χ4n) is 1.80. The summed E-state index contributed by atoms with van der Waals surface area (Å²) in [6, 6.07) is 3.87. The Morgan fingerprint density at radius 3 is 2.65 bits per heavy atom. The Kier molecular flexibility index (Phi) is 1.98. The molecule has 0 fully saturated rings. The van der Waals surface area contributed by atoms with Crippen molar-refractivity contribution in [1.82, 2.24) is 14.9 Å². The third-order valence-electron chi connectivity index (χ3n) is 2.68. The van der Waals surface area contributed by atoms with Crippen molar-refractivity contribution in [2.75, 3.05) is 0 Å². The molecule has 0 atom stereocenters. The molecule has 0 unspecified atom stereocenters. The SMILES string of the molecule is O=C(O)N1C=Cc2cc3nc[nH]c3cc2C=C1. The molecule has 1 aromatic carbocycles. The summed E-state index contributed by atoms with van der Waals surface area (Å²) in [4.78, 5) is 19.2. The highest BCUT2D eigenvalue weighted by atomic mass is 16.4. The van der Waals surface area contributed by atoms with E-state index in [1.807, 2.05) is 12.1 Å². The van der Waals surface area contributed by atoms with Gasteiger partial charge in [-0.25, -0.2) is 9.78 Å². The molecule has 3 rings (SSSR count). The van der Waals surface area contributed by atoms with Crippen LogP contribution in [0.2, 0.25) is 0 Å². The van der Waals surface area contributed by atoms with Crippen molar-refractivity contribution in [1.29, 1.82) is 0 Å². The second kappa shape index (κ2) is 3.48. The number of imidazole rings is 1. The fraction of sp³-hybridized carbons (Fsp3) is 0. The molecule has 5 nitrogen and oxygen atoms in total. The van der Waals surface area contributed by atoms with Crippen LogP contribution in [-0.2, 0) is 0 Å². The van der Waals surface area contributed by atoms with E-state index in [1.165, 1.54) is 12.4 Å². The lowest BCUT2D eigenvalue weighted by Crippen LogP contribution is -2.15. The number of carbonyl (C=O) groups is 1. The van der Waals surface area contributed by atoms with Gasteiger partial charge in [-0.05, 0) is 35.4 Å². The van der Waals surface area contributed by atoms with Crippen LogP contribution in [0.1, 0.15) is 11.1 Å². The molecule has 1 aromatic heterocycles. The minimum atomic E-state index is -1.01. The van der Waals surface area contributed by atoms with Gasteiger partial charge in [0.2, 0.25) is 0 Å². The molecule has 0 bridgehead atoms. The number of carboxylic acid groups (broad SMARTS) is 1. The van der Waals surface area contributed by atoms with Gasteiger partial charge in [-0.15, -0.1) is 0 Å². The van der Waals surface area contributed by atoms with Crippen molar-refractivity contribution in [2.24, 2.45) is 0 Å². The molecule has 5 heteroatoms. The van der Waals surface area contributed by atoms with E-state index < -0.39 is 6.09 Å². The molecule has 0 radical (unpaired) electrons. The van der Waals surface area contributed by atoms with Crippen molar-refractivity contribution >= 4 is 29.3 Å². The first-order valence-electron chi connectivity index (χ1n) is 5.09. The minimum Gasteiger partial charge on any atom is -0.464 e. The van der Waals surface area contributed by atoms with E-state index in [1.54, 1.807) is 18.5 Å². The molecule has 0 saturated heterocycles. The quantitative estimate of drug-likeness (QED) is 0.726. The van der Waals surface area contributed by atoms with Gasteiger partial charge >= 0.3 is 6.09 Å². The molecule has 1 aliphatic rings. The maximum atomic E-state index is 10.8. The van der Waals surface area contributed by atoms with E-state index in [0.717, 1.165) is 27.1 Å². The zero-order chi connectivity index (χ0) is 11.8. The summed E-state index contributed by atoms with van der Waals surface area (Å²) in [7, 11) is 0. The summed E-state index contributed by atoms with van der Waals surface area (Å²) in [5.41, 5.74) is 3.71. The first-order valence-corrected chi connectivity index (χ1v) is 5.09. The Labute approximate surface area is 96.7 Å². The highest BCUT2D eigenvalue weighted by Gasteiger charge is 2.09. The number of nitrogens with zero attached hydrogens (tertiary/aromatic N) is 2. The van der Waals surface area contributed by atoms with Crippen LogP contribution >= 0.6 is 0 Å². The largest absolute Gasteiger partial charge is 0.464 e. The maximum Gasteiger partial charge on any atom is 0.415 e. The number of nitrogens with one attached hydrogen (secondary N) is 1. The van der Waals surface area contributed by atoms with E-state index in [4.69, 9.17) is 5.11 Å². The van der Waals surface area contributed by atoms with Gasteiger partial charge in [0, 0.05) is 12.4 Å². The van der Waals surface area contributed by atoms with Crippen molar-refractivity contribution in [3.63, 3.8) is 0 Å². The van der Waals surface area contributed by atoms with E-state index in [-0.39, 0.29) is 0 Å². The van der Waals surface area contributed by atoms with Gasteiger partial charge in [0.05, 0.1) is 17.4 Å². The average molecular weight is 227 g/mol. The van der Waals surface area contributed by atoms with Crippen LogP contribution in [0.15, 0.2) is 30.9 Å². The third-order valence-corrected chi connectivity index (χ3v) is 2.68. The van der Waals surface area contributed by atoms with E-state index in [9.17, 15) is 4.79 Å². The molecule has 84 valence electrons. The minimum absolute atomic E-state index is 0.866. The first-order chi connectivity index (χ1) is 8.24. The van der Waals surface area contributed by atoms with Gasteiger partial charge in [0.15, 0.2) is 0 Å². The van der Waals surface area contributed by atoms with Gasteiger partial charge in [-0.2, -0.15) is 0 Å². The number of rotatable bonds is 0. The first kappa shape index (κ1) is 9.65. The predicted octanol–water partition coefficient (Wildman–Crippen LogP) is 2.50. The van der Waals surface area contributed by atoms with E-state index in [2.05, 4.69) is 9.97 Å². The van der Waals surface area contributed by atoms with Crippen LogP contribution in [0.4, 0.5) is 4.79 Å². The Morgan fingerprint density at radius 1 is 1.24 bits per heavy atom. The lowest BCUT2D eigenvalue weighted by molar-refractivity contribution is 0.176. The number of hydrogen-bond acceptors (Lipinski definition) is 2. The second-order valence-electron chi connectivity index (χ2n) is 3.72. The smallest absolute Gasteiger partial charge is 0.415 e. The Hall–Kier alpha value is -2.56. The van der Waals surface area contributed by atoms with Crippen molar-refractivity contribution < 1.29 is 9.90 Å². The van der Waals surface area contributed by atoms with Crippen LogP contribution in [0, 0.1) is 0 Å². The number of benzene rings is 1. The van der Waals surface area contributed by atoms with Crippen LogP contribution in [-0.4, -0.2) is 26.1 Å². The number of amides is 1. The molecule has 17 heavy (non-hydrogen) atoms. The van der Waals surface area contributed by atoms with E-state index >= 15 is 0 Å². The zero-order valence-electron chi connectivity index (χ0n) is 8.79. The van der Waals surface area contributed by atoms with E-state index in [0.29, 0.717) is 0 Å². The number of aromatic nitrogens is 2. The van der Waals surface area contributed by atoms with Crippen LogP contribution in [0.25, 0.3) is 23.2 Å². The summed E-state index contributed by atoms with van der Waals surface area (Å²) < 4.78 is 0. The molecular formula is C12H9N3O2. The molecule has 2 N–H and O–H groups in total. The van der Waals surface area contributed by atoms with Crippen molar-refractivity contribution in [2.45, 2.75) is 0 Å². The molecule has 2 aromatic rings. The monoisotopic (exact) mass is 227 g/mol. The molecular weight excluding hydrogens is 218 g/mol. The standard InChI is InChI=1S/C12H9N3O2/c16-12(17)15-3-1-8-5-10-11(14-7-13-10)6-9(8)2-4-15/h1-7H,(H,13,14)(H,16,17). The Morgan fingerprint density at radius 2 is 1.94 bits per heavy atom. The Balaban J connectivity index is 2.15. The van der Waals surface area contributed by atoms with Crippen molar-refractivity contribution in [3.8, 4) is 0 Å². The average Bonchev–Trinajstić information content (AvgIpc) is 2.64. The molecule has 0 aliphatic carbocycles. The van der Waals surface area contributed by atoms with Gasteiger partial charge in [0.25, 0.3) is 0 Å². The molecule has 1 aliphatic heterocycles. The summed E-state index contributed by atoms with van der Waals surface area (Å²) in [6.07, 6.45) is 7.20. The summed E-state index contributed by atoms with van der Waals surface area (Å²) in [5.74, 6) is 0. The number of H-pyrrole nitrogens is 1. The van der Waals surface area contributed by atoms with Gasteiger partial charge in [-0.1, -0.05) is 0 Å². The zero-order valence-corrected chi connectivity index (χ0v) is 8.79. The number of hydrogen-bond donors (Lipinski definition) is 2. The normalized spacial score (nSPS) is 13.8. The molecule has 0 spiro atoms. The maximum absolute atomic E-state index is 10.8. The predicted molar refractivity (Wildman–Crippen MR) is 64.0 cm³/mol. The van der Waals surface area contributed by atoms with Gasteiger partial charge < -0.3 is 10.1 Å².